The molecule has 0 unspecified atom stereocenters. The molecule has 2 aliphatic rings. The van der Waals surface area contributed by atoms with E-state index in [9.17, 15) is 10.5 Å². The lowest BCUT2D eigenvalue weighted by Crippen LogP contribution is -2.61. The Kier molecular flexibility index (Phi) is 8.66. The summed E-state index contributed by atoms with van der Waals surface area (Å²) in [7, 11) is 0. The number of anilines is 6. The first-order chi connectivity index (χ1) is 30.2. The van der Waals surface area contributed by atoms with Crippen LogP contribution in [0.25, 0.3) is 44.5 Å². The molecule has 0 radical (unpaired) electrons. The van der Waals surface area contributed by atoms with Crippen molar-refractivity contribution in [3.8, 4) is 56.6 Å². The van der Waals surface area contributed by atoms with E-state index in [2.05, 4.69) is 222 Å². The molecule has 61 heavy (non-hydrogen) atoms. The van der Waals surface area contributed by atoms with Gasteiger partial charge in [-0.1, -0.05) is 164 Å². The zero-order chi connectivity index (χ0) is 40.9. The van der Waals surface area contributed by atoms with E-state index < -0.39 is 0 Å². The van der Waals surface area contributed by atoms with Crippen LogP contribution in [0.3, 0.4) is 0 Å². The molecule has 0 amide bonds. The van der Waals surface area contributed by atoms with Crippen molar-refractivity contribution in [2.75, 3.05) is 9.80 Å². The third-order valence-electron chi connectivity index (χ3n) is 12.1. The van der Waals surface area contributed by atoms with Crippen molar-refractivity contribution in [2.24, 2.45) is 0 Å². The standard InChI is InChI=1S/C56H35BN4/c58-36-38-30-32-50-48(34-38)57-49-35-39(37-59)31-33-51(49)61(56-46(42-20-9-3-10-21-42)26-14-27-47(56)43-22-11-4-12-23-43)53-29-15-28-52(54(53)57)60(50)55-44(40-16-5-1-6-17-40)24-13-25-45(55)41-18-7-2-8-19-41/h1-35H. The first-order valence-corrected chi connectivity index (χ1v) is 20.5. The Bertz CT molecular complexity index is 2900. The number of hydrogen-bond donors (Lipinski definition) is 0. The highest BCUT2D eigenvalue weighted by atomic mass is 15.2. The van der Waals surface area contributed by atoms with Gasteiger partial charge in [0, 0.05) is 45.0 Å². The molecule has 2 aliphatic heterocycles. The summed E-state index contributed by atoms with van der Waals surface area (Å²) in [6.07, 6.45) is 0. The second-order valence-corrected chi connectivity index (χ2v) is 15.5. The molecule has 0 spiro atoms. The minimum absolute atomic E-state index is 0.279. The van der Waals surface area contributed by atoms with Crippen LogP contribution in [-0.4, -0.2) is 6.71 Å². The Labute approximate surface area is 356 Å². The molecule has 0 bridgehead atoms. The normalized spacial score (nSPS) is 12.1. The van der Waals surface area contributed by atoms with Crippen molar-refractivity contribution in [3.05, 3.63) is 223 Å². The van der Waals surface area contributed by atoms with E-state index in [0.29, 0.717) is 11.1 Å². The highest BCUT2D eigenvalue weighted by molar-refractivity contribution is 7.00. The number of para-hydroxylation sites is 2. The van der Waals surface area contributed by atoms with Gasteiger partial charge in [0.25, 0.3) is 6.71 Å². The van der Waals surface area contributed by atoms with Crippen LogP contribution >= 0.6 is 0 Å². The largest absolute Gasteiger partial charge is 0.310 e. The van der Waals surface area contributed by atoms with E-state index in [1.54, 1.807) is 0 Å². The Hall–Kier alpha value is -8.38. The van der Waals surface area contributed by atoms with Crippen LogP contribution in [0.1, 0.15) is 11.1 Å². The lowest BCUT2D eigenvalue weighted by molar-refractivity contribution is 1.25. The predicted octanol–water partition coefficient (Wildman–Crippen LogP) is 12.2. The smallest absolute Gasteiger partial charge is 0.252 e. The Morgan fingerprint density at radius 1 is 0.328 bits per heavy atom. The zero-order valence-corrected chi connectivity index (χ0v) is 33.1. The quantitative estimate of drug-likeness (QED) is 0.158. The molecule has 0 saturated heterocycles. The average Bonchev–Trinajstić information content (AvgIpc) is 3.34. The monoisotopic (exact) mass is 774 g/mol. The van der Waals surface area contributed by atoms with E-state index >= 15 is 0 Å². The molecular formula is C56H35BN4. The summed E-state index contributed by atoms with van der Waals surface area (Å²) in [6, 6.07) is 79.3. The van der Waals surface area contributed by atoms with Crippen LogP contribution in [0.15, 0.2) is 212 Å². The van der Waals surface area contributed by atoms with Crippen molar-refractivity contribution in [1.29, 1.82) is 10.5 Å². The van der Waals surface area contributed by atoms with Crippen LogP contribution in [0, 0.1) is 22.7 Å². The van der Waals surface area contributed by atoms with Gasteiger partial charge in [-0.15, -0.1) is 0 Å². The molecular weight excluding hydrogens is 739 g/mol. The third-order valence-corrected chi connectivity index (χ3v) is 12.1. The summed E-state index contributed by atoms with van der Waals surface area (Å²) in [5, 5.41) is 20.9. The van der Waals surface area contributed by atoms with Crippen LogP contribution in [0.2, 0.25) is 0 Å². The average molecular weight is 775 g/mol. The van der Waals surface area contributed by atoms with Crippen LogP contribution < -0.4 is 26.2 Å². The Morgan fingerprint density at radius 3 is 0.984 bits per heavy atom. The minimum Gasteiger partial charge on any atom is -0.310 e. The molecule has 9 aromatic carbocycles. The summed E-state index contributed by atoms with van der Waals surface area (Å²) in [4.78, 5) is 4.85. The number of benzene rings is 9. The first-order valence-electron chi connectivity index (χ1n) is 20.5. The lowest BCUT2D eigenvalue weighted by Gasteiger charge is -2.45. The maximum absolute atomic E-state index is 10.5. The van der Waals surface area contributed by atoms with Crippen LogP contribution in [0.5, 0.6) is 0 Å². The van der Waals surface area contributed by atoms with Gasteiger partial charge in [0.1, 0.15) is 0 Å². The second-order valence-electron chi connectivity index (χ2n) is 15.5. The predicted molar refractivity (Wildman–Crippen MR) is 252 cm³/mol. The van der Waals surface area contributed by atoms with Crippen molar-refractivity contribution < 1.29 is 0 Å². The van der Waals surface area contributed by atoms with Gasteiger partial charge >= 0.3 is 0 Å². The van der Waals surface area contributed by atoms with Gasteiger partial charge in [0.15, 0.2) is 0 Å². The number of nitriles is 2. The lowest BCUT2D eigenvalue weighted by atomic mass is 9.33. The summed E-state index contributed by atoms with van der Waals surface area (Å²) in [5.41, 5.74) is 19.2. The molecule has 0 atom stereocenters. The highest BCUT2D eigenvalue weighted by Gasteiger charge is 2.45. The summed E-state index contributed by atoms with van der Waals surface area (Å²) >= 11 is 0. The molecule has 5 heteroatoms. The van der Waals surface area contributed by atoms with Gasteiger partial charge < -0.3 is 9.80 Å². The molecule has 9 aromatic rings. The van der Waals surface area contributed by atoms with Gasteiger partial charge in [-0.3, -0.25) is 0 Å². The van der Waals surface area contributed by atoms with Gasteiger partial charge in [-0.05, 0) is 87.2 Å². The van der Waals surface area contributed by atoms with Crippen LogP contribution in [-0.2, 0) is 0 Å². The van der Waals surface area contributed by atoms with Gasteiger partial charge in [-0.2, -0.15) is 10.5 Å². The number of nitrogens with zero attached hydrogens (tertiary/aromatic N) is 4. The van der Waals surface area contributed by atoms with E-state index in [1.165, 1.54) is 0 Å². The summed E-state index contributed by atoms with van der Waals surface area (Å²) in [5.74, 6) is 0. The fourth-order valence-corrected chi connectivity index (χ4v) is 9.54. The van der Waals surface area contributed by atoms with Gasteiger partial charge in [0.05, 0.1) is 34.6 Å². The zero-order valence-electron chi connectivity index (χ0n) is 33.1. The molecule has 0 saturated carbocycles. The number of fused-ring (bicyclic) bond motifs is 4. The van der Waals surface area contributed by atoms with Crippen molar-refractivity contribution in [1.82, 2.24) is 0 Å². The minimum atomic E-state index is -0.279. The fourth-order valence-electron chi connectivity index (χ4n) is 9.54. The van der Waals surface area contributed by atoms with Crippen molar-refractivity contribution >= 4 is 57.2 Å². The Morgan fingerprint density at radius 2 is 0.656 bits per heavy atom. The van der Waals surface area contributed by atoms with E-state index in [4.69, 9.17) is 0 Å². The second kappa shape index (κ2) is 14.8. The maximum Gasteiger partial charge on any atom is 0.252 e. The first kappa shape index (κ1) is 35.8. The van der Waals surface area contributed by atoms with E-state index in [-0.39, 0.29) is 6.71 Å². The maximum atomic E-state index is 10.5. The highest BCUT2D eigenvalue weighted by Crippen LogP contribution is 2.52. The van der Waals surface area contributed by atoms with E-state index in [0.717, 1.165) is 95.0 Å². The molecule has 11 rings (SSSR count). The third kappa shape index (κ3) is 5.83. The van der Waals surface area contributed by atoms with E-state index in [1.807, 2.05) is 12.1 Å². The SMILES string of the molecule is N#Cc1ccc2c(c1)B1c3cc(C#N)ccc3N(c3c(-c4ccccc4)cccc3-c3ccccc3)c3cccc(c31)N2c1c(-c2ccccc2)cccc1-c1ccccc1. The molecule has 0 fully saturated rings. The molecule has 282 valence electrons. The molecule has 0 aliphatic carbocycles. The van der Waals surface area contributed by atoms with Crippen molar-refractivity contribution in [2.45, 2.75) is 0 Å². The molecule has 2 heterocycles. The fraction of sp³-hybridized carbons (Fsp3) is 0. The van der Waals surface area contributed by atoms with Crippen molar-refractivity contribution in [3.63, 3.8) is 0 Å². The number of rotatable bonds is 6. The Balaban J connectivity index is 1.28. The molecule has 4 nitrogen and oxygen atoms in total. The summed E-state index contributed by atoms with van der Waals surface area (Å²) < 4.78 is 0. The molecule has 0 aromatic heterocycles. The van der Waals surface area contributed by atoms with Crippen LogP contribution in [0.4, 0.5) is 34.1 Å². The van der Waals surface area contributed by atoms with Gasteiger partial charge in [-0.25, -0.2) is 0 Å². The van der Waals surface area contributed by atoms with Gasteiger partial charge in [0.2, 0.25) is 0 Å². The topological polar surface area (TPSA) is 54.1 Å². The number of hydrogen-bond acceptors (Lipinski definition) is 4. The summed E-state index contributed by atoms with van der Waals surface area (Å²) in [6.45, 7) is -0.279. The molecule has 0 N–H and O–H groups in total.